The highest BCUT2D eigenvalue weighted by Crippen LogP contribution is 2.26. The molecule has 320 valence electrons. The average molecular weight is 813 g/mol. The molecule has 0 N–H and O–H groups in total. The molecule has 3 aromatic rings. The van der Waals surface area contributed by atoms with E-state index in [-0.39, 0.29) is 11.9 Å². The van der Waals surface area contributed by atoms with Crippen LogP contribution in [-0.4, -0.2) is 37.1 Å². The second-order valence-corrected chi connectivity index (χ2v) is 14.6. The third-order valence-electron chi connectivity index (χ3n) is 9.76. The van der Waals surface area contributed by atoms with Gasteiger partial charge in [0.25, 0.3) is 0 Å². The van der Waals surface area contributed by atoms with Gasteiger partial charge in [0, 0.05) is 12.8 Å². The first-order valence-corrected chi connectivity index (χ1v) is 21.4. The lowest BCUT2D eigenvalue weighted by atomic mass is 10.1. The van der Waals surface area contributed by atoms with E-state index in [1.165, 1.54) is 63.9 Å². The first-order valence-electron chi connectivity index (χ1n) is 21.4. The first-order chi connectivity index (χ1) is 28.8. The summed E-state index contributed by atoms with van der Waals surface area (Å²) in [5, 5.41) is 0. The number of rotatable bonds is 32. The van der Waals surface area contributed by atoms with Crippen molar-refractivity contribution in [3.63, 3.8) is 0 Å². The van der Waals surface area contributed by atoms with Gasteiger partial charge in [0.05, 0.1) is 36.9 Å². The fraction of sp³-hybridized carbons (Fsp3) is 0.469. The van der Waals surface area contributed by atoms with Gasteiger partial charge >= 0.3 is 23.9 Å². The van der Waals surface area contributed by atoms with E-state index in [9.17, 15) is 19.2 Å². The van der Waals surface area contributed by atoms with Crippen LogP contribution in [0.5, 0.6) is 23.0 Å². The molecule has 0 aliphatic rings. The molecule has 0 radical (unpaired) electrons. The van der Waals surface area contributed by atoms with E-state index in [2.05, 4.69) is 13.2 Å². The first kappa shape index (κ1) is 48.0. The highest BCUT2D eigenvalue weighted by molar-refractivity contribution is 5.92. The Hall–Kier alpha value is -5.38. The molecular weight excluding hydrogens is 749 g/mol. The fourth-order valence-corrected chi connectivity index (χ4v) is 6.40. The third kappa shape index (κ3) is 21.3. The maximum absolute atomic E-state index is 12.9. The number of benzene rings is 3. The van der Waals surface area contributed by atoms with E-state index in [0.29, 0.717) is 65.7 Å². The van der Waals surface area contributed by atoms with Gasteiger partial charge in [-0.15, -0.1) is 0 Å². The maximum Gasteiger partial charge on any atom is 0.343 e. The zero-order valence-electron chi connectivity index (χ0n) is 35.1. The number of esters is 4. The molecule has 0 aliphatic carbocycles. The highest BCUT2D eigenvalue weighted by Gasteiger charge is 2.14. The van der Waals surface area contributed by atoms with Crippen LogP contribution in [0.25, 0.3) is 0 Å². The smallest absolute Gasteiger partial charge is 0.343 e. The summed E-state index contributed by atoms with van der Waals surface area (Å²) in [4.78, 5) is 48.3. The number of unbranched alkanes of at least 4 members (excludes halogenated alkanes) is 16. The van der Waals surface area contributed by atoms with Crippen LogP contribution < -0.4 is 18.9 Å². The van der Waals surface area contributed by atoms with Crippen LogP contribution in [0.2, 0.25) is 0 Å². The second-order valence-electron chi connectivity index (χ2n) is 14.6. The summed E-state index contributed by atoms with van der Waals surface area (Å²) >= 11 is 0. The summed E-state index contributed by atoms with van der Waals surface area (Å²) in [5.74, 6) is 0.714. The Morgan fingerprint density at radius 3 is 1.20 bits per heavy atom. The lowest BCUT2D eigenvalue weighted by molar-refractivity contribution is -0.139. The maximum atomic E-state index is 12.9. The number of carbonyl (C=O) groups excluding carboxylic acids is 4. The predicted molar refractivity (Wildman–Crippen MR) is 230 cm³/mol. The predicted octanol–water partition coefficient (Wildman–Crippen LogP) is 12.4. The van der Waals surface area contributed by atoms with Crippen molar-refractivity contribution in [3.8, 4) is 23.0 Å². The monoisotopic (exact) mass is 812 g/mol. The quantitative estimate of drug-likeness (QED) is 0.0260. The zero-order valence-corrected chi connectivity index (χ0v) is 35.1. The molecule has 0 heterocycles. The molecule has 0 saturated carbocycles. The molecule has 10 heteroatoms. The van der Waals surface area contributed by atoms with Crippen LogP contribution in [-0.2, 0) is 19.1 Å². The van der Waals surface area contributed by atoms with Crippen LogP contribution >= 0.6 is 0 Å². The van der Waals surface area contributed by atoms with E-state index >= 15 is 0 Å². The van der Waals surface area contributed by atoms with Crippen molar-refractivity contribution < 1.29 is 47.6 Å². The number of ether oxygens (including phenoxy) is 6. The molecule has 3 rings (SSSR count). The van der Waals surface area contributed by atoms with Gasteiger partial charge in [-0.2, -0.15) is 0 Å². The molecule has 59 heavy (non-hydrogen) atoms. The topological polar surface area (TPSA) is 124 Å². The Kier molecular flexibility index (Phi) is 24.2. The molecule has 3 aromatic carbocycles. The molecule has 0 fully saturated rings. The summed E-state index contributed by atoms with van der Waals surface area (Å²) in [7, 11) is 0. The standard InChI is InChI=1S/C49H64O10/c1-4-54-46(50)24-20-16-12-8-6-10-14-18-22-36-56-42-30-26-40(27-31-42)48(52)58-44-34-35-45(39(3)38-44)59-49(53)41-28-32-43(33-29-41)57-37-23-19-15-11-7-9-13-17-21-25-47(51)55-5-2/h4-5,26-35,38H,1-2,6-25,36-37H2,3H3. The van der Waals surface area contributed by atoms with Crippen molar-refractivity contribution >= 4 is 23.9 Å². The molecule has 10 nitrogen and oxygen atoms in total. The van der Waals surface area contributed by atoms with Crippen LogP contribution in [0.4, 0.5) is 0 Å². The van der Waals surface area contributed by atoms with Crippen LogP contribution in [0.3, 0.4) is 0 Å². The number of aryl methyl sites for hydroxylation is 1. The SMILES string of the molecule is C=COC(=O)CCCCCCCCCCCOc1ccc(C(=O)Oc2ccc(OC(=O)c3ccc(OCCCCCCCCCCCC(=O)OC=C)cc3)c(C)c2)cc1. The number of carbonyl (C=O) groups is 4. The van der Waals surface area contributed by atoms with Crippen molar-refractivity contribution in [3.05, 3.63) is 109 Å². The van der Waals surface area contributed by atoms with Crippen molar-refractivity contribution in [2.24, 2.45) is 0 Å². The van der Waals surface area contributed by atoms with E-state index in [1.807, 2.05) is 0 Å². The zero-order chi connectivity index (χ0) is 42.3. The molecular formula is C49H64O10. The van der Waals surface area contributed by atoms with Crippen LogP contribution in [0, 0.1) is 6.92 Å². The highest BCUT2D eigenvalue weighted by atomic mass is 16.5. The normalized spacial score (nSPS) is 10.7. The minimum absolute atomic E-state index is 0.208. The molecule has 0 spiro atoms. The van der Waals surface area contributed by atoms with Gasteiger partial charge in [-0.05, 0) is 105 Å². The average Bonchev–Trinajstić information content (AvgIpc) is 3.23. The Bertz CT molecular complexity index is 1700. The lowest BCUT2D eigenvalue weighted by Gasteiger charge is -2.11. The molecule has 0 atom stereocenters. The Balaban J connectivity index is 1.24. The molecule has 0 aromatic heterocycles. The van der Waals surface area contributed by atoms with Gasteiger partial charge < -0.3 is 28.4 Å². The number of hydrogen-bond acceptors (Lipinski definition) is 10. The molecule has 0 amide bonds. The minimum atomic E-state index is -0.497. The molecule has 0 saturated heterocycles. The molecule has 0 bridgehead atoms. The largest absolute Gasteiger partial charge is 0.494 e. The van der Waals surface area contributed by atoms with E-state index in [1.54, 1.807) is 73.7 Å². The molecule has 0 unspecified atom stereocenters. The second kappa shape index (κ2) is 29.8. The fourth-order valence-electron chi connectivity index (χ4n) is 6.40. The van der Waals surface area contributed by atoms with Gasteiger partial charge in [0.2, 0.25) is 0 Å². The van der Waals surface area contributed by atoms with Crippen molar-refractivity contribution in [2.75, 3.05) is 13.2 Å². The van der Waals surface area contributed by atoms with Gasteiger partial charge in [0.1, 0.15) is 23.0 Å². The minimum Gasteiger partial charge on any atom is -0.494 e. The van der Waals surface area contributed by atoms with E-state index in [4.69, 9.17) is 28.4 Å². The Morgan fingerprint density at radius 1 is 0.458 bits per heavy atom. The van der Waals surface area contributed by atoms with Gasteiger partial charge in [-0.1, -0.05) is 103 Å². The van der Waals surface area contributed by atoms with Gasteiger partial charge in [-0.25, -0.2) is 9.59 Å². The van der Waals surface area contributed by atoms with Gasteiger partial charge in [0.15, 0.2) is 0 Å². The van der Waals surface area contributed by atoms with Gasteiger partial charge in [-0.3, -0.25) is 9.59 Å². The van der Waals surface area contributed by atoms with Crippen LogP contribution in [0.1, 0.15) is 155 Å². The Morgan fingerprint density at radius 2 is 0.814 bits per heavy atom. The lowest BCUT2D eigenvalue weighted by Crippen LogP contribution is -2.10. The van der Waals surface area contributed by atoms with Crippen LogP contribution in [0.15, 0.2) is 92.4 Å². The summed E-state index contributed by atoms with van der Waals surface area (Å²) in [5.41, 5.74) is 1.45. The number of hydrogen-bond donors (Lipinski definition) is 0. The third-order valence-corrected chi connectivity index (χ3v) is 9.76. The van der Waals surface area contributed by atoms with E-state index in [0.717, 1.165) is 64.2 Å². The summed E-state index contributed by atoms with van der Waals surface area (Å²) in [6.07, 6.45) is 23.0. The van der Waals surface area contributed by atoms with Crippen molar-refractivity contribution in [1.82, 2.24) is 0 Å². The summed E-state index contributed by atoms with van der Waals surface area (Å²) in [6.45, 7) is 9.80. The van der Waals surface area contributed by atoms with E-state index < -0.39 is 11.9 Å². The Labute approximate surface area is 351 Å². The van der Waals surface area contributed by atoms with Crippen molar-refractivity contribution in [2.45, 2.75) is 135 Å². The summed E-state index contributed by atoms with van der Waals surface area (Å²) in [6, 6.07) is 18.7. The summed E-state index contributed by atoms with van der Waals surface area (Å²) < 4.78 is 32.4. The van der Waals surface area contributed by atoms with Crippen molar-refractivity contribution in [1.29, 1.82) is 0 Å². The molecule has 0 aliphatic heterocycles.